The fourth-order valence-corrected chi connectivity index (χ4v) is 3.48. The predicted molar refractivity (Wildman–Crippen MR) is 95.0 cm³/mol. The van der Waals surface area contributed by atoms with E-state index in [1.807, 2.05) is 30.3 Å². The van der Waals surface area contributed by atoms with Gasteiger partial charge in [0.25, 0.3) is 0 Å². The highest BCUT2D eigenvalue weighted by atomic mass is 35.5. The third-order valence-corrected chi connectivity index (χ3v) is 5.01. The lowest BCUT2D eigenvalue weighted by atomic mass is 9.67. The van der Waals surface area contributed by atoms with Crippen LogP contribution in [0.3, 0.4) is 0 Å². The number of halogens is 1. The largest absolute Gasteiger partial charge is 0.295 e. The van der Waals surface area contributed by atoms with Gasteiger partial charge in [0.2, 0.25) is 0 Å². The zero-order chi connectivity index (χ0) is 16.2. The molecule has 2 heteroatoms. The second-order valence-electron chi connectivity index (χ2n) is 6.92. The maximum atomic E-state index is 12.1. The number of rotatable bonds is 5. The molecule has 0 spiro atoms. The summed E-state index contributed by atoms with van der Waals surface area (Å²) < 4.78 is 0. The molecule has 0 bridgehead atoms. The van der Waals surface area contributed by atoms with Gasteiger partial charge in [-0.1, -0.05) is 55.3 Å². The molecule has 0 N–H and O–H groups in total. The Morgan fingerprint density at radius 1 is 1.32 bits per heavy atom. The van der Waals surface area contributed by atoms with Crippen LogP contribution in [0.5, 0.6) is 0 Å². The van der Waals surface area contributed by atoms with Crippen LogP contribution in [0.25, 0.3) is 6.08 Å². The Labute approximate surface area is 139 Å². The first-order valence-electron chi connectivity index (χ1n) is 8.01. The Bertz CT molecular complexity index is 578. The van der Waals surface area contributed by atoms with E-state index in [-0.39, 0.29) is 5.78 Å². The summed E-state index contributed by atoms with van der Waals surface area (Å²) in [4.78, 5) is 12.1. The third kappa shape index (κ3) is 4.58. The molecule has 0 aliphatic heterocycles. The molecule has 0 fully saturated rings. The minimum absolute atomic E-state index is 0.198. The number of carbonyl (C=O) groups excluding carboxylic acids is 1. The van der Waals surface area contributed by atoms with Gasteiger partial charge in [-0.3, -0.25) is 4.79 Å². The Hall–Kier alpha value is -1.34. The summed E-state index contributed by atoms with van der Waals surface area (Å²) in [6.45, 7) is 6.85. The van der Waals surface area contributed by atoms with Gasteiger partial charge in [0, 0.05) is 11.4 Å². The summed E-state index contributed by atoms with van der Waals surface area (Å²) in [6.07, 6.45) is 9.83. The van der Waals surface area contributed by atoms with Crippen molar-refractivity contribution in [3.05, 3.63) is 52.6 Å². The van der Waals surface area contributed by atoms with Crippen LogP contribution in [0, 0.1) is 11.3 Å². The zero-order valence-electron chi connectivity index (χ0n) is 13.7. The van der Waals surface area contributed by atoms with Crippen LogP contribution >= 0.6 is 11.6 Å². The Kier molecular flexibility index (Phi) is 5.63. The molecule has 1 aromatic carbocycles. The Morgan fingerprint density at radius 3 is 2.64 bits per heavy atom. The van der Waals surface area contributed by atoms with Crippen molar-refractivity contribution >= 4 is 23.5 Å². The van der Waals surface area contributed by atoms with Crippen molar-refractivity contribution < 1.29 is 4.79 Å². The van der Waals surface area contributed by atoms with E-state index in [1.165, 1.54) is 18.4 Å². The second-order valence-corrected chi connectivity index (χ2v) is 7.35. The number of allylic oxidation sites excluding steroid dienone is 3. The maximum absolute atomic E-state index is 12.1. The normalized spacial score (nSPS) is 20.9. The van der Waals surface area contributed by atoms with Gasteiger partial charge in [-0.05, 0) is 61.3 Å². The van der Waals surface area contributed by atoms with E-state index in [0.29, 0.717) is 22.8 Å². The van der Waals surface area contributed by atoms with E-state index < -0.39 is 0 Å². The van der Waals surface area contributed by atoms with Crippen LogP contribution in [-0.2, 0) is 4.79 Å². The maximum Gasteiger partial charge on any atom is 0.155 e. The van der Waals surface area contributed by atoms with E-state index in [2.05, 4.69) is 26.8 Å². The number of hydrogen-bond acceptors (Lipinski definition) is 1. The van der Waals surface area contributed by atoms with Gasteiger partial charge in [-0.25, -0.2) is 0 Å². The standard InChI is InChI=1S/C20H25ClO/c1-15-5-4-14-20(2,3)19(15)13-12-18(22)11-8-16-6-9-17(21)10-7-16/h5-11,19H,4,12-14H2,1-3H3/b11-8+. The number of carbonyl (C=O) groups is 1. The minimum atomic E-state index is 0.198. The van der Waals surface area contributed by atoms with Crippen molar-refractivity contribution in [2.24, 2.45) is 11.3 Å². The number of ketones is 1. The first-order valence-corrected chi connectivity index (χ1v) is 8.39. The second kappa shape index (κ2) is 7.28. The van der Waals surface area contributed by atoms with Gasteiger partial charge >= 0.3 is 0 Å². The molecule has 0 saturated carbocycles. The average molecular weight is 317 g/mol. The summed E-state index contributed by atoms with van der Waals surface area (Å²) >= 11 is 5.85. The molecule has 0 heterocycles. The quantitative estimate of drug-likeness (QED) is 0.475. The van der Waals surface area contributed by atoms with Crippen LogP contribution in [0.15, 0.2) is 42.0 Å². The van der Waals surface area contributed by atoms with E-state index in [0.717, 1.165) is 12.0 Å². The molecule has 1 aliphatic carbocycles. The van der Waals surface area contributed by atoms with Crippen LogP contribution in [0.2, 0.25) is 5.02 Å². The smallest absolute Gasteiger partial charge is 0.155 e. The third-order valence-electron chi connectivity index (χ3n) is 4.76. The Balaban J connectivity index is 1.91. The zero-order valence-corrected chi connectivity index (χ0v) is 14.5. The van der Waals surface area contributed by atoms with E-state index in [4.69, 9.17) is 11.6 Å². The first kappa shape index (κ1) is 17.0. The monoisotopic (exact) mass is 316 g/mol. The van der Waals surface area contributed by atoms with Crippen molar-refractivity contribution in [1.82, 2.24) is 0 Å². The van der Waals surface area contributed by atoms with E-state index in [9.17, 15) is 4.79 Å². The fraction of sp³-hybridized carbons (Fsp3) is 0.450. The molecule has 2 rings (SSSR count). The fourth-order valence-electron chi connectivity index (χ4n) is 3.36. The lowest BCUT2D eigenvalue weighted by Gasteiger charge is -2.38. The van der Waals surface area contributed by atoms with Crippen molar-refractivity contribution in [3.8, 4) is 0 Å². The van der Waals surface area contributed by atoms with Crippen LogP contribution in [0.1, 0.15) is 52.0 Å². The van der Waals surface area contributed by atoms with Crippen LogP contribution in [0.4, 0.5) is 0 Å². The molecule has 0 saturated heterocycles. The van der Waals surface area contributed by atoms with Crippen molar-refractivity contribution in [2.45, 2.75) is 46.5 Å². The molecule has 1 unspecified atom stereocenters. The summed E-state index contributed by atoms with van der Waals surface area (Å²) in [5.41, 5.74) is 2.76. The van der Waals surface area contributed by atoms with Crippen LogP contribution in [-0.4, -0.2) is 5.78 Å². The van der Waals surface area contributed by atoms with Crippen molar-refractivity contribution in [1.29, 1.82) is 0 Å². The molecule has 1 aromatic rings. The molecule has 22 heavy (non-hydrogen) atoms. The van der Waals surface area contributed by atoms with Crippen LogP contribution < -0.4 is 0 Å². The molecular weight excluding hydrogens is 292 g/mol. The van der Waals surface area contributed by atoms with E-state index >= 15 is 0 Å². The van der Waals surface area contributed by atoms with E-state index in [1.54, 1.807) is 6.08 Å². The summed E-state index contributed by atoms with van der Waals surface area (Å²) in [6, 6.07) is 7.52. The van der Waals surface area contributed by atoms with Gasteiger partial charge in [0.15, 0.2) is 5.78 Å². The highest BCUT2D eigenvalue weighted by molar-refractivity contribution is 6.30. The summed E-state index contributed by atoms with van der Waals surface area (Å²) in [7, 11) is 0. The number of hydrogen-bond donors (Lipinski definition) is 0. The molecule has 1 aliphatic rings. The Morgan fingerprint density at radius 2 is 2.00 bits per heavy atom. The van der Waals surface area contributed by atoms with Gasteiger partial charge < -0.3 is 0 Å². The molecule has 0 amide bonds. The lowest BCUT2D eigenvalue weighted by molar-refractivity contribution is -0.114. The average Bonchev–Trinajstić information content (AvgIpc) is 2.45. The molecular formula is C20H25ClO. The highest BCUT2D eigenvalue weighted by Crippen LogP contribution is 2.43. The van der Waals surface area contributed by atoms with Crippen molar-refractivity contribution in [2.75, 3.05) is 0 Å². The topological polar surface area (TPSA) is 17.1 Å². The molecule has 0 radical (unpaired) electrons. The van der Waals surface area contributed by atoms with Gasteiger partial charge in [0.05, 0.1) is 0 Å². The summed E-state index contributed by atoms with van der Waals surface area (Å²) in [5.74, 6) is 0.721. The van der Waals surface area contributed by atoms with Gasteiger partial charge in [-0.15, -0.1) is 0 Å². The molecule has 1 nitrogen and oxygen atoms in total. The van der Waals surface area contributed by atoms with Gasteiger partial charge in [-0.2, -0.15) is 0 Å². The first-order chi connectivity index (χ1) is 10.4. The molecule has 0 aromatic heterocycles. The van der Waals surface area contributed by atoms with Gasteiger partial charge in [0.1, 0.15) is 0 Å². The molecule has 118 valence electrons. The lowest BCUT2D eigenvalue weighted by Crippen LogP contribution is -2.28. The summed E-state index contributed by atoms with van der Waals surface area (Å²) in [5, 5.41) is 0.713. The number of benzene rings is 1. The SMILES string of the molecule is CC1=CCCC(C)(C)C1CCC(=O)/C=C/c1ccc(Cl)cc1. The predicted octanol–water partition coefficient (Wildman–Crippen LogP) is 6.09. The highest BCUT2D eigenvalue weighted by Gasteiger charge is 2.32. The van der Waals surface area contributed by atoms with Crippen molar-refractivity contribution in [3.63, 3.8) is 0 Å². The molecule has 1 atom stereocenters. The minimum Gasteiger partial charge on any atom is -0.295 e.